The van der Waals surface area contributed by atoms with Crippen LogP contribution in [0.2, 0.25) is 0 Å². The molecule has 0 aromatic heterocycles. The van der Waals surface area contributed by atoms with E-state index in [0.29, 0.717) is 0 Å². The van der Waals surface area contributed by atoms with Gasteiger partial charge in [-0.3, -0.25) is 0 Å². The predicted molar refractivity (Wildman–Crippen MR) is 46.0 cm³/mol. The standard InChI is InChI=1S/C10H18/c1-4-9(3)10-6-5-8(2)7-10/h8H,4-7H2,1-3H3/b10-9+. The lowest BCUT2D eigenvalue weighted by atomic mass is 10.1. The van der Waals surface area contributed by atoms with Crippen molar-refractivity contribution < 1.29 is 0 Å². The van der Waals surface area contributed by atoms with Crippen molar-refractivity contribution >= 4 is 0 Å². The lowest BCUT2D eigenvalue weighted by molar-refractivity contribution is 0.619. The fourth-order valence-electron chi connectivity index (χ4n) is 1.68. The molecule has 0 N–H and O–H groups in total. The Bertz CT molecular complexity index is 142. The van der Waals surface area contributed by atoms with E-state index in [1.807, 2.05) is 0 Å². The highest BCUT2D eigenvalue weighted by Crippen LogP contribution is 2.32. The monoisotopic (exact) mass is 138 g/mol. The molecule has 58 valence electrons. The van der Waals surface area contributed by atoms with E-state index in [1.165, 1.54) is 25.7 Å². The summed E-state index contributed by atoms with van der Waals surface area (Å²) in [6, 6.07) is 0. The van der Waals surface area contributed by atoms with Gasteiger partial charge in [-0.15, -0.1) is 0 Å². The predicted octanol–water partition coefficient (Wildman–Crippen LogP) is 3.53. The zero-order valence-corrected chi connectivity index (χ0v) is 7.41. The Morgan fingerprint density at radius 2 is 2.30 bits per heavy atom. The number of allylic oxidation sites excluding steroid dienone is 2. The molecule has 0 nitrogen and oxygen atoms in total. The van der Waals surface area contributed by atoms with E-state index in [-0.39, 0.29) is 0 Å². The van der Waals surface area contributed by atoms with Gasteiger partial charge in [-0.25, -0.2) is 0 Å². The van der Waals surface area contributed by atoms with Gasteiger partial charge in [0.25, 0.3) is 0 Å². The minimum Gasteiger partial charge on any atom is -0.0744 e. The van der Waals surface area contributed by atoms with Crippen LogP contribution in [0.25, 0.3) is 0 Å². The second-order valence-electron chi connectivity index (χ2n) is 3.59. The highest BCUT2D eigenvalue weighted by atomic mass is 14.2. The van der Waals surface area contributed by atoms with Crippen LogP contribution in [0.5, 0.6) is 0 Å². The van der Waals surface area contributed by atoms with Crippen LogP contribution in [0.1, 0.15) is 46.5 Å². The van der Waals surface area contributed by atoms with E-state index < -0.39 is 0 Å². The lowest BCUT2D eigenvalue weighted by Crippen LogP contribution is -1.83. The number of rotatable bonds is 1. The van der Waals surface area contributed by atoms with E-state index in [9.17, 15) is 0 Å². The molecule has 0 radical (unpaired) electrons. The average molecular weight is 138 g/mol. The van der Waals surface area contributed by atoms with Crippen molar-refractivity contribution in [1.29, 1.82) is 0 Å². The van der Waals surface area contributed by atoms with Crippen LogP contribution in [-0.4, -0.2) is 0 Å². The summed E-state index contributed by atoms with van der Waals surface area (Å²) in [4.78, 5) is 0. The Morgan fingerprint density at radius 3 is 2.70 bits per heavy atom. The topological polar surface area (TPSA) is 0 Å². The summed E-state index contributed by atoms with van der Waals surface area (Å²) in [5.41, 5.74) is 3.39. The molecule has 0 aromatic carbocycles. The first-order chi connectivity index (χ1) is 4.74. The van der Waals surface area contributed by atoms with Crippen LogP contribution < -0.4 is 0 Å². The van der Waals surface area contributed by atoms with Gasteiger partial charge < -0.3 is 0 Å². The Labute approximate surface area is 64.3 Å². The third kappa shape index (κ3) is 1.62. The van der Waals surface area contributed by atoms with Gasteiger partial charge in [-0.1, -0.05) is 25.0 Å². The first-order valence-corrected chi connectivity index (χ1v) is 4.41. The maximum absolute atomic E-state index is 2.36. The quantitative estimate of drug-likeness (QED) is 0.486. The van der Waals surface area contributed by atoms with Crippen LogP contribution in [0.3, 0.4) is 0 Å². The zero-order chi connectivity index (χ0) is 7.56. The maximum Gasteiger partial charge on any atom is -0.0292 e. The molecule has 1 unspecified atom stereocenters. The normalized spacial score (nSPS) is 30.9. The highest BCUT2D eigenvalue weighted by Gasteiger charge is 2.15. The summed E-state index contributed by atoms with van der Waals surface area (Å²) in [5, 5.41) is 0. The van der Waals surface area contributed by atoms with E-state index in [4.69, 9.17) is 0 Å². The maximum atomic E-state index is 2.36. The molecule has 0 amide bonds. The molecule has 1 aliphatic rings. The molecule has 10 heavy (non-hydrogen) atoms. The fourth-order valence-corrected chi connectivity index (χ4v) is 1.68. The molecule has 1 atom stereocenters. The summed E-state index contributed by atoms with van der Waals surface area (Å²) in [7, 11) is 0. The van der Waals surface area contributed by atoms with Crippen LogP contribution in [0.4, 0.5) is 0 Å². The Balaban J connectivity index is 2.58. The van der Waals surface area contributed by atoms with Crippen molar-refractivity contribution in [2.45, 2.75) is 46.5 Å². The van der Waals surface area contributed by atoms with Crippen LogP contribution in [0, 0.1) is 5.92 Å². The molecule has 1 aliphatic carbocycles. The van der Waals surface area contributed by atoms with Gasteiger partial charge in [0.1, 0.15) is 0 Å². The number of hydrogen-bond acceptors (Lipinski definition) is 0. The molecule has 0 heterocycles. The van der Waals surface area contributed by atoms with Gasteiger partial charge in [0.15, 0.2) is 0 Å². The van der Waals surface area contributed by atoms with Gasteiger partial charge in [0, 0.05) is 0 Å². The van der Waals surface area contributed by atoms with Gasteiger partial charge in [0.05, 0.1) is 0 Å². The second-order valence-corrected chi connectivity index (χ2v) is 3.59. The SMILES string of the molecule is CC/C(C)=C1\CCC(C)C1. The lowest BCUT2D eigenvalue weighted by Gasteiger charge is -2.01. The molecule has 1 saturated carbocycles. The van der Waals surface area contributed by atoms with Gasteiger partial charge in [0.2, 0.25) is 0 Å². The van der Waals surface area contributed by atoms with Crippen molar-refractivity contribution in [3.05, 3.63) is 11.1 Å². The third-order valence-corrected chi connectivity index (χ3v) is 2.67. The largest absolute Gasteiger partial charge is 0.0744 e. The molecular formula is C10H18. The van der Waals surface area contributed by atoms with E-state index >= 15 is 0 Å². The Kier molecular flexibility index (Phi) is 2.53. The van der Waals surface area contributed by atoms with E-state index in [0.717, 1.165) is 5.92 Å². The van der Waals surface area contributed by atoms with E-state index in [1.54, 1.807) is 11.1 Å². The molecule has 0 heteroatoms. The molecule has 1 rings (SSSR count). The van der Waals surface area contributed by atoms with Gasteiger partial charge in [-0.2, -0.15) is 0 Å². The molecule has 0 aliphatic heterocycles. The smallest absolute Gasteiger partial charge is 0.0292 e. The van der Waals surface area contributed by atoms with Crippen molar-refractivity contribution in [3.8, 4) is 0 Å². The summed E-state index contributed by atoms with van der Waals surface area (Å²) in [6.45, 7) is 6.90. The highest BCUT2D eigenvalue weighted by molar-refractivity contribution is 5.15. The third-order valence-electron chi connectivity index (χ3n) is 2.67. The number of hydrogen-bond donors (Lipinski definition) is 0. The van der Waals surface area contributed by atoms with Gasteiger partial charge >= 0.3 is 0 Å². The van der Waals surface area contributed by atoms with E-state index in [2.05, 4.69) is 20.8 Å². The van der Waals surface area contributed by atoms with Crippen molar-refractivity contribution in [2.24, 2.45) is 5.92 Å². The zero-order valence-electron chi connectivity index (χ0n) is 7.41. The summed E-state index contributed by atoms with van der Waals surface area (Å²) in [5.74, 6) is 0.955. The molecule has 0 bridgehead atoms. The molecule has 0 saturated heterocycles. The minimum absolute atomic E-state index is 0.955. The Hall–Kier alpha value is -0.260. The first kappa shape index (κ1) is 7.84. The summed E-state index contributed by atoms with van der Waals surface area (Å²) >= 11 is 0. The minimum atomic E-state index is 0.955. The fraction of sp³-hybridized carbons (Fsp3) is 0.800. The molecule has 1 fully saturated rings. The van der Waals surface area contributed by atoms with Crippen molar-refractivity contribution in [2.75, 3.05) is 0 Å². The average Bonchev–Trinajstić information content (AvgIpc) is 2.34. The Morgan fingerprint density at radius 1 is 1.60 bits per heavy atom. The second kappa shape index (κ2) is 3.23. The van der Waals surface area contributed by atoms with Crippen molar-refractivity contribution in [1.82, 2.24) is 0 Å². The van der Waals surface area contributed by atoms with Crippen molar-refractivity contribution in [3.63, 3.8) is 0 Å². The molecular weight excluding hydrogens is 120 g/mol. The molecule has 0 spiro atoms. The van der Waals surface area contributed by atoms with Crippen LogP contribution in [-0.2, 0) is 0 Å². The summed E-state index contributed by atoms with van der Waals surface area (Å²) in [6.07, 6.45) is 5.43. The summed E-state index contributed by atoms with van der Waals surface area (Å²) < 4.78 is 0. The van der Waals surface area contributed by atoms with Crippen LogP contribution >= 0.6 is 0 Å². The van der Waals surface area contributed by atoms with Gasteiger partial charge in [-0.05, 0) is 38.5 Å². The molecule has 0 aromatic rings. The first-order valence-electron chi connectivity index (χ1n) is 4.41. The van der Waals surface area contributed by atoms with Crippen LogP contribution in [0.15, 0.2) is 11.1 Å².